The number of fused-ring (bicyclic) bond motifs is 1. The molecule has 14 heavy (non-hydrogen) atoms. The molecule has 2 aromatic rings. The molecule has 1 aliphatic heterocycles. The Morgan fingerprint density at radius 3 is 3.29 bits per heavy atom. The Labute approximate surface area is 80.7 Å². The Balaban J connectivity index is 2.11. The fraction of sp³-hybridized carbons (Fsp3) is 0.444. The second kappa shape index (κ2) is 3.02. The summed E-state index contributed by atoms with van der Waals surface area (Å²) in [6.07, 6.45) is 6.15. The number of hydrogen-bond donors (Lipinski definition) is 0. The van der Waals surface area contributed by atoms with E-state index in [0.717, 1.165) is 30.7 Å². The van der Waals surface area contributed by atoms with Crippen molar-refractivity contribution >= 4 is 11.0 Å². The lowest BCUT2D eigenvalue weighted by molar-refractivity contribution is 0.185. The molecule has 0 amide bonds. The molecule has 3 rings (SSSR count). The summed E-state index contributed by atoms with van der Waals surface area (Å²) >= 11 is 0. The number of nitrogens with zero attached hydrogens (tertiary/aromatic N) is 4. The molecule has 1 saturated heterocycles. The van der Waals surface area contributed by atoms with Crippen LogP contribution in [-0.2, 0) is 4.74 Å². The lowest BCUT2D eigenvalue weighted by Gasteiger charge is -2.07. The minimum Gasteiger partial charge on any atom is -0.379 e. The molecule has 0 radical (unpaired) electrons. The Kier molecular flexibility index (Phi) is 1.70. The van der Waals surface area contributed by atoms with Crippen LogP contribution in [0.3, 0.4) is 0 Å². The Hall–Kier alpha value is -1.49. The van der Waals surface area contributed by atoms with Gasteiger partial charge in [0.2, 0.25) is 0 Å². The van der Waals surface area contributed by atoms with Gasteiger partial charge in [0, 0.05) is 12.8 Å². The predicted molar refractivity (Wildman–Crippen MR) is 49.8 cm³/mol. The molecule has 3 heterocycles. The van der Waals surface area contributed by atoms with E-state index < -0.39 is 0 Å². The smallest absolute Gasteiger partial charge is 0.161 e. The molecule has 0 spiro atoms. The Morgan fingerprint density at radius 1 is 1.43 bits per heavy atom. The van der Waals surface area contributed by atoms with Crippen LogP contribution >= 0.6 is 0 Å². The number of aromatic nitrogens is 4. The minimum absolute atomic E-state index is 0.336. The van der Waals surface area contributed by atoms with Crippen molar-refractivity contribution in [3.63, 3.8) is 0 Å². The monoisotopic (exact) mass is 190 g/mol. The second-order valence-corrected chi connectivity index (χ2v) is 3.41. The van der Waals surface area contributed by atoms with E-state index in [0.29, 0.717) is 6.04 Å². The average molecular weight is 190 g/mol. The first-order valence-corrected chi connectivity index (χ1v) is 4.66. The zero-order valence-corrected chi connectivity index (χ0v) is 7.63. The van der Waals surface area contributed by atoms with E-state index in [9.17, 15) is 0 Å². The van der Waals surface area contributed by atoms with Crippen molar-refractivity contribution in [2.75, 3.05) is 13.2 Å². The van der Waals surface area contributed by atoms with Gasteiger partial charge in [-0.05, 0) is 6.42 Å². The lowest BCUT2D eigenvalue weighted by Crippen LogP contribution is -2.10. The van der Waals surface area contributed by atoms with Gasteiger partial charge in [-0.1, -0.05) is 0 Å². The highest BCUT2D eigenvalue weighted by atomic mass is 16.5. The van der Waals surface area contributed by atoms with Gasteiger partial charge in [-0.25, -0.2) is 14.6 Å². The van der Waals surface area contributed by atoms with Crippen molar-refractivity contribution < 1.29 is 4.74 Å². The third-order valence-corrected chi connectivity index (χ3v) is 2.51. The summed E-state index contributed by atoms with van der Waals surface area (Å²) in [7, 11) is 0. The highest BCUT2D eigenvalue weighted by Crippen LogP contribution is 2.21. The van der Waals surface area contributed by atoms with Crippen LogP contribution in [0, 0.1) is 0 Å². The van der Waals surface area contributed by atoms with Gasteiger partial charge >= 0.3 is 0 Å². The second-order valence-electron chi connectivity index (χ2n) is 3.41. The fourth-order valence-electron chi connectivity index (χ4n) is 1.78. The first-order chi connectivity index (χ1) is 6.95. The van der Waals surface area contributed by atoms with Crippen LogP contribution < -0.4 is 0 Å². The van der Waals surface area contributed by atoms with Crippen LogP contribution in [0.1, 0.15) is 12.5 Å². The van der Waals surface area contributed by atoms with Gasteiger partial charge in [0.15, 0.2) is 5.65 Å². The van der Waals surface area contributed by atoms with Gasteiger partial charge in [-0.15, -0.1) is 0 Å². The molecule has 72 valence electrons. The maximum absolute atomic E-state index is 5.33. The fourth-order valence-corrected chi connectivity index (χ4v) is 1.78. The van der Waals surface area contributed by atoms with Crippen molar-refractivity contribution in [1.82, 2.24) is 19.7 Å². The first-order valence-electron chi connectivity index (χ1n) is 4.66. The first kappa shape index (κ1) is 7.87. The maximum Gasteiger partial charge on any atom is 0.161 e. The predicted octanol–water partition coefficient (Wildman–Crippen LogP) is 0.788. The van der Waals surface area contributed by atoms with Crippen molar-refractivity contribution in [1.29, 1.82) is 0 Å². The average Bonchev–Trinajstić information content (AvgIpc) is 2.85. The van der Waals surface area contributed by atoms with E-state index in [1.165, 1.54) is 0 Å². The van der Waals surface area contributed by atoms with E-state index in [1.807, 2.05) is 4.68 Å². The van der Waals surface area contributed by atoms with Crippen LogP contribution in [0.25, 0.3) is 11.0 Å². The van der Waals surface area contributed by atoms with Gasteiger partial charge in [-0.2, -0.15) is 5.10 Å². The number of hydrogen-bond acceptors (Lipinski definition) is 4. The summed E-state index contributed by atoms with van der Waals surface area (Å²) in [5.74, 6) is 0. The molecular weight excluding hydrogens is 180 g/mol. The third-order valence-electron chi connectivity index (χ3n) is 2.51. The normalized spacial score (nSPS) is 21.9. The Morgan fingerprint density at radius 2 is 2.43 bits per heavy atom. The van der Waals surface area contributed by atoms with Crippen molar-refractivity contribution in [3.05, 3.63) is 18.7 Å². The number of ether oxygens (including phenoxy) is 1. The van der Waals surface area contributed by atoms with Crippen LogP contribution in [0.15, 0.2) is 18.7 Å². The number of rotatable bonds is 1. The van der Waals surface area contributed by atoms with Crippen molar-refractivity contribution in [3.8, 4) is 0 Å². The van der Waals surface area contributed by atoms with Gasteiger partial charge in [0.25, 0.3) is 0 Å². The Bertz CT molecular complexity index is 447. The lowest BCUT2D eigenvalue weighted by atomic mass is 10.3. The molecule has 1 aliphatic rings. The summed E-state index contributed by atoms with van der Waals surface area (Å²) in [5.41, 5.74) is 0.899. The molecule has 0 aliphatic carbocycles. The largest absolute Gasteiger partial charge is 0.379 e. The highest BCUT2D eigenvalue weighted by Gasteiger charge is 2.20. The standard InChI is InChI=1S/C9H10N4O/c1-2-14-5-8(1)13-9-7(4-12-13)3-10-6-11-9/h3-4,6,8H,1-2,5H2. The van der Waals surface area contributed by atoms with E-state index >= 15 is 0 Å². The van der Waals surface area contributed by atoms with Crippen molar-refractivity contribution in [2.45, 2.75) is 12.5 Å². The van der Waals surface area contributed by atoms with Crippen LogP contribution in [0.5, 0.6) is 0 Å². The molecule has 1 unspecified atom stereocenters. The summed E-state index contributed by atoms with van der Waals surface area (Å²) in [6.45, 7) is 1.55. The summed E-state index contributed by atoms with van der Waals surface area (Å²) in [4.78, 5) is 8.18. The molecule has 0 N–H and O–H groups in total. The molecule has 0 aromatic carbocycles. The molecule has 0 saturated carbocycles. The van der Waals surface area contributed by atoms with Gasteiger partial charge in [0.1, 0.15) is 6.33 Å². The van der Waals surface area contributed by atoms with Gasteiger partial charge in [0.05, 0.1) is 24.2 Å². The van der Waals surface area contributed by atoms with Crippen LogP contribution in [0.4, 0.5) is 0 Å². The highest BCUT2D eigenvalue weighted by molar-refractivity contribution is 5.72. The zero-order chi connectivity index (χ0) is 9.38. The van der Waals surface area contributed by atoms with E-state index in [4.69, 9.17) is 4.74 Å². The maximum atomic E-state index is 5.33. The molecule has 2 aromatic heterocycles. The quantitative estimate of drug-likeness (QED) is 0.667. The van der Waals surface area contributed by atoms with E-state index in [-0.39, 0.29) is 0 Å². The topological polar surface area (TPSA) is 52.8 Å². The molecule has 5 nitrogen and oxygen atoms in total. The van der Waals surface area contributed by atoms with Gasteiger partial charge in [-0.3, -0.25) is 0 Å². The molecule has 1 atom stereocenters. The van der Waals surface area contributed by atoms with E-state index in [1.54, 1.807) is 18.7 Å². The van der Waals surface area contributed by atoms with Crippen LogP contribution in [0.2, 0.25) is 0 Å². The summed E-state index contributed by atoms with van der Waals surface area (Å²) in [6, 6.07) is 0.336. The third kappa shape index (κ3) is 1.09. The SMILES string of the molecule is c1ncc2cnn(C3CCOC3)c2n1. The molecule has 0 bridgehead atoms. The van der Waals surface area contributed by atoms with Crippen molar-refractivity contribution in [2.24, 2.45) is 0 Å². The molecule has 5 heteroatoms. The summed E-state index contributed by atoms with van der Waals surface area (Å²) in [5, 5.41) is 5.30. The van der Waals surface area contributed by atoms with E-state index in [2.05, 4.69) is 15.1 Å². The van der Waals surface area contributed by atoms with Crippen LogP contribution in [-0.4, -0.2) is 33.0 Å². The summed E-state index contributed by atoms with van der Waals surface area (Å²) < 4.78 is 7.26. The molecule has 1 fully saturated rings. The zero-order valence-electron chi connectivity index (χ0n) is 7.63. The van der Waals surface area contributed by atoms with Gasteiger partial charge < -0.3 is 4.74 Å². The minimum atomic E-state index is 0.336. The molecular formula is C9H10N4O.